The van der Waals surface area contributed by atoms with Gasteiger partial charge >= 0.3 is 0 Å². The molecule has 0 unspecified atom stereocenters. The zero-order valence-electron chi connectivity index (χ0n) is 15.7. The molecule has 0 atom stereocenters. The maximum atomic E-state index is 12.9. The Bertz CT molecular complexity index is 863. The van der Waals surface area contributed by atoms with Gasteiger partial charge in [0.2, 0.25) is 0 Å². The lowest BCUT2D eigenvalue weighted by atomic mass is 10.1. The van der Waals surface area contributed by atoms with Crippen LogP contribution in [0.5, 0.6) is 0 Å². The lowest BCUT2D eigenvalue weighted by Gasteiger charge is -2.09. The molecule has 2 aromatic heterocycles. The van der Waals surface area contributed by atoms with Crippen molar-refractivity contribution in [3.05, 3.63) is 78.0 Å². The second kappa shape index (κ2) is 11.0. The highest BCUT2D eigenvalue weighted by Gasteiger charge is 2.04. The van der Waals surface area contributed by atoms with Crippen molar-refractivity contribution in [3.63, 3.8) is 0 Å². The number of thiazole rings is 1. The summed E-state index contributed by atoms with van der Waals surface area (Å²) in [6, 6.07) is 10.6. The highest BCUT2D eigenvalue weighted by atomic mass is 32.2. The van der Waals surface area contributed by atoms with Crippen LogP contribution in [-0.2, 0) is 6.42 Å². The van der Waals surface area contributed by atoms with E-state index in [0.29, 0.717) is 0 Å². The maximum Gasteiger partial charge on any atom is 0.123 e. The van der Waals surface area contributed by atoms with Crippen molar-refractivity contribution in [2.45, 2.75) is 30.6 Å². The SMILES string of the molecule is C=C(CSc1ccc(F)cc1)NCCCCCc1csc(-c2ccncc2)n1. The van der Waals surface area contributed by atoms with E-state index in [2.05, 4.69) is 22.3 Å². The Morgan fingerprint density at radius 2 is 1.86 bits per heavy atom. The Hall–Kier alpha value is -2.18. The third-order valence-corrected chi connectivity index (χ3v) is 6.23. The van der Waals surface area contributed by atoms with Crippen LogP contribution in [0.15, 0.2) is 71.3 Å². The molecule has 0 bridgehead atoms. The van der Waals surface area contributed by atoms with Crippen LogP contribution in [0.1, 0.15) is 25.0 Å². The number of thioether (sulfide) groups is 1. The van der Waals surface area contributed by atoms with Gasteiger partial charge in [0.05, 0.1) is 5.69 Å². The van der Waals surface area contributed by atoms with E-state index in [1.54, 1.807) is 47.6 Å². The lowest BCUT2D eigenvalue weighted by molar-refractivity contribution is 0.626. The first-order valence-electron chi connectivity index (χ1n) is 9.35. The Morgan fingerprint density at radius 1 is 1.07 bits per heavy atom. The van der Waals surface area contributed by atoms with E-state index in [-0.39, 0.29) is 5.82 Å². The number of unbranched alkanes of at least 4 members (excludes halogenated alkanes) is 2. The fourth-order valence-electron chi connectivity index (χ4n) is 2.67. The van der Waals surface area contributed by atoms with Crippen molar-refractivity contribution < 1.29 is 4.39 Å². The molecule has 0 aliphatic heterocycles. The van der Waals surface area contributed by atoms with E-state index in [1.807, 2.05) is 12.1 Å². The Labute approximate surface area is 174 Å². The number of nitrogens with zero attached hydrogens (tertiary/aromatic N) is 2. The topological polar surface area (TPSA) is 37.8 Å². The molecule has 0 aliphatic rings. The molecule has 3 rings (SSSR count). The van der Waals surface area contributed by atoms with E-state index < -0.39 is 0 Å². The summed E-state index contributed by atoms with van der Waals surface area (Å²) < 4.78 is 12.9. The summed E-state index contributed by atoms with van der Waals surface area (Å²) in [6.07, 6.45) is 8.03. The molecule has 2 heterocycles. The summed E-state index contributed by atoms with van der Waals surface area (Å²) in [5, 5.41) is 6.60. The molecule has 0 radical (unpaired) electrons. The molecule has 1 aromatic carbocycles. The number of hydrogen-bond acceptors (Lipinski definition) is 5. The van der Waals surface area contributed by atoms with Gasteiger partial charge in [-0.25, -0.2) is 9.37 Å². The molecule has 0 amide bonds. The first kappa shape index (κ1) is 20.6. The number of aromatic nitrogens is 2. The van der Waals surface area contributed by atoms with Crippen LogP contribution in [0, 0.1) is 5.82 Å². The van der Waals surface area contributed by atoms with Gasteiger partial charge in [-0.2, -0.15) is 0 Å². The lowest BCUT2D eigenvalue weighted by Crippen LogP contribution is -2.15. The Balaban J connectivity index is 1.26. The number of hydrogen-bond donors (Lipinski definition) is 1. The summed E-state index contributed by atoms with van der Waals surface area (Å²) >= 11 is 3.36. The van der Waals surface area contributed by atoms with Crippen molar-refractivity contribution in [1.82, 2.24) is 15.3 Å². The van der Waals surface area contributed by atoms with E-state index in [0.717, 1.165) is 59.1 Å². The number of benzene rings is 1. The van der Waals surface area contributed by atoms with Gasteiger partial charge in [0.1, 0.15) is 10.8 Å². The summed E-state index contributed by atoms with van der Waals surface area (Å²) in [5.74, 6) is 0.593. The smallest absolute Gasteiger partial charge is 0.123 e. The average molecular weight is 414 g/mol. The van der Waals surface area contributed by atoms with Gasteiger partial charge in [-0.05, 0) is 55.7 Å². The zero-order chi connectivity index (χ0) is 19.6. The second-order valence-electron chi connectivity index (χ2n) is 6.46. The van der Waals surface area contributed by atoms with E-state index >= 15 is 0 Å². The largest absolute Gasteiger partial charge is 0.388 e. The summed E-state index contributed by atoms with van der Waals surface area (Å²) in [7, 11) is 0. The van der Waals surface area contributed by atoms with Gasteiger partial charge in [0.25, 0.3) is 0 Å². The summed E-state index contributed by atoms with van der Waals surface area (Å²) in [5.41, 5.74) is 3.31. The minimum absolute atomic E-state index is 0.201. The van der Waals surface area contributed by atoms with Gasteiger partial charge in [-0.3, -0.25) is 4.98 Å². The van der Waals surface area contributed by atoms with Crippen LogP contribution in [-0.4, -0.2) is 22.3 Å². The predicted molar refractivity (Wildman–Crippen MR) is 117 cm³/mol. The van der Waals surface area contributed by atoms with Crippen LogP contribution in [0.2, 0.25) is 0 Å². The third-order valence-electron chi connectivity index (χ3n) is 4.19. The summed E-state index contributed by atoms with van der Waals surface area (Å²) in [6.45, 7) is 5.00. The van der Waals surface area contributed by atoms with Crippen molar-refractivity contribution in [1.29, 1.82) is 0 Å². The predicted octanol–water partition coefficient (Wildman–Crippen LogP) is 5.95. The molecule has 1 N–H and O–H groups in total. The number of rotatable bonds is 11. The molecule has 3 aromatic rings. The average Bonchev–Trinajstić information content (AvgIpc) is 3.20. The van der Waals surface area contributed by atoms with Crippen molar-refractivity contribution in [2.24, 2.45) is 0 Å². The van der Waals surface area contributed by atoms with Crippen molar-refractivity contribution >= 4 is 23.1 Å². The third kappa shape index (κ3) is 6.77. The number of nitrogens with one attached hydrogen (secondary N) is 1. The molecular formula is C22H24FN3S2. The Morgan fingerprint density at radius 3 is 2.64 bits per heavy atom. The number of pyridine rings is 1. The van der Waals surface area contributed by atoms with Gasteiger partial charge < -0.3 is 5.32 Å². The molecule has 28 heavy (non-hydrogen) atoms. The second-order valence-corrected chi connectivity index (χ2v) is 8.37. The molecule has 146 valence electrons. The first-order chi connectivity index (χ1) is 13.7. The van der Waals surface area contributed by atoms with Crippen molar-refractivity contribution in [2.75, 3.05) is 12.3 Å². The molecule has 0 aliphatic carbocycles. The highest BCUT2D eigenvalue weighted by molar-refractivity contribution is 7.99. The molecule has 0 saturated heterocycles. The monoisotopic (exact) mass is 413 g/mol. The standard InChI is InChI=1S/C22H24FN3S2/c1-17(15-27-21-8-6-19(23)7-9-21)25-12-4-2-3-5-20-16-28-22(26-20)18-10-13-24-14-11-18/h6-11,13-14,16,25H,1-5,12,15H2. The van der Waals surface area contributed by atoms with Crippen LogP contribution in [0.3, 0.4) is 0 Å². The molecule has 0 saturated carbocycles. The van der Waals surface area contributed by atoms with Crippen LogP contribution >= 0.6 is 23.1 Å². The molecule has 6 heteroatoms. The van der Waals surface area contributed by atoms with Gasteiger partial charge in [0, 0.05) is 46.2 Å². The molecule has 0 fully saturated rings. The quantitative estimate of drug-likeness (QED) is 0.311. The zero-order valence-corrected chi connectivity index (χ0v) is 17.4. The number of halogens is 1. The van der Waals surface area contributed by atoms with E-state index in [1.165, 1.54) is 17.8 Å². The normalized spacial score (nSPS) is 10.8. The maximum absolute atomic E-state index is 12.9. The molecule has 3 nitrogen and oxygen atoms in total. The van der Waals surface area contributed by atoms with Gasteiger partial charge in [0.15, 0.2) is 0 Å². The molecular weight excluding hydrogens is 389 g/mol. The van der Waals surface area contributed by atoms with Crippen LogP contribution in [0.4, 0.5) is 4.39 Å². The fourth-order valence-corrected chi connectivity index (χ4v) is 4.31. The minimum atomic E-state index is -0.201. The van der Waals surface area contributed by atoms with Gasteiger partial charge in [-0.1, -0.05) is 13.0 Å². The Kier molecular flexibility index (Phi) is 8.06. The first-order valence-corrected chi connectivity index (χ1v) is 11.2. The fraction of sp³-hybridized carbons (Fsp3) is 0.273. The minimum Gasteiger partial charge on any atom is -0.388 e. The summed E-state index contributed by atoms with van der Waals surface area (Å²) in [4.78, 5) is 9.82. The van der Waals surface area contributed by atoms with Crippen LogP contribution < -0.4 is 5.32 Å². The van der Waals surface area contributed by atoms with E-state index in [9.17, 15) is 4.39 Å². The highest BCUT2D eigenvalue weighted by Crippen LogP contribution is 2.23. The van der Waals surface area contributed by atoms with E-state index in [4.69, 9.17) is 4.98 Å². The van der Waals surface area contributed by atoms with Crippen LogP contribution in [0.25, 0.3) is 10.6 Å². The van der Waals surface area contributed by atoms with Gasteiger partial charge in [-0.15, -0.1) is 23.1 Å². The van der Waals surface area contributed by atoms with Crippen molar-refractivity contribution in [3.8, 4) is 10.6 Å². The molecule has 0 spiro atoms. The number of aryl methyl sites for hydroxylation is 1.